The summed E-state index contributed by atoms with van der Waals surface area (Å²) in [5, 5.41) is 17.1. The van der Waals surface area contributed by atoms with E-state index in [0.717, 1.165) is 30.9 Å². The summed E-state index contributed by atoms with van der Waals surface area (Å²) in [6, 6.07) is 2.67. The minimum atomic E-state index is -0.477. The highest BCUT2D eigenvalue weighted by molar-refractivity contribution is 8.01. The Morgan fingerprint density at radius 2 is 2.21 bits per heavy atom. The van der Waals surface area contributed by atoms with Crippen molar-refractivity contribution in [3.63, 3.8) is 0 Å². The van der Waals surface area contributed by atoms with E-state index in [1.54, 1.807) is 0 Å². The molecule has 1 unspecified atom stereocenters. The molecule has 106 valence electrons. The van der Waals surface area contributed by atoms with E-state index in [1.807, 2.05) is 34.9 Å². The fraction of sp³-hybridized carbons (Fsp3) is 0.714. The van der Waals surface area contributed by atoms with E-state index in [0.29, 0.717) is 11.3 Å². The van der Waals surface area contributed by atoms with Crippen LogP contribution < -0.4 is 5.32 Å². The molecule has 3 rings (SSSR count). The highest BCUT2D eigenvalue weighted by Crippen LogP contribution is 2.43. The molecule has 1 aromatic rings. The SMILES string of the molecule is C[C@H]1CC(NCC2(O)CCSCC2)c2ccsc2S1. The molecule has 19 heavy (non-hydrogen) atoms. The first kappa shape index (κ1) is 14.3. The van der Waals surface area contributed by atoms with Gasteiger partial charge in [0.2, 0.25) is 0 Å². The van der Waals surface area contributed by atoms with Crippen molar-refractivity contribution < 1.29 is 5.11 Å². The van der Waals surface area contributed by atoms with Crippen molar-refractivity contribution >= 4 is 34.9 Å². The van der Waals surface area contributed by atoms with Gasteiger partial charge in [-0.15, -0.1) is 23.1 Å². The zero-order valence-electron chi connectivity index (χ0n) is 11.2. The number of aliphatic hydroxyl groups is 1. The van der Waals surface area contributed by atoms with Crippen LogP contribution in [0.1, 0.15) is 37.8 Å². The molecule has 0 radical (unpaired) electrons. The van der Waals surface area contributed by atoms with E-state index < -0.39 is 5.60 Å². The number of thiophene rings is 1. The van der Waals surface area contributed by atoms with Crippen LogP contribution in [0, 0.1) is 0 Å². The van der Waals surface area contributed by atoms with Gasteiger partial charge in [0.1, 0.15) is 0 Å². The normalized spacial score (nSPS) is 30.0. The van der Waals surface area contributed by atoms with Gasteiger partial charge in [0.15, 0.2) is 0 Å². The molecular weight excluding hydrogens is 294 g/mol. The molecule has 2 N–H and O–H groups in total. The third kappa shape index (κ3) is 3.32. The zero-order valence-corrected chi connectivity index (χ0v) is 13.7. The van der Waals surface area contributed by atoms with Crippen molar-refractivity contribution in [1.29, 1.82) is 0 Å². The highest BCUT2D eigenvalue weighted by Gasteiger charge is 2.32. The van der Waals surface area contributed by atoms with Crippen molar-refractivity contribution in [2.75, 3.05) is 18.1 Å². The summed E-state index contributed by atoms with van der Waals surface area (Å²) in [5.74, 6) is 2.19. The Morgan fingerprint density at radius 3 is 3.00 bits per heavy atom. The van der Waals surface area contributed by atoms with Gasteiger partial charge in [0.05, 0.1) is 9.81 Å². The molecule has 0 saturated carbocycles. The van der Waals surface area contributed by atoms with Crippen molar-refractivity contribution in [3.8, 4) is 0 Å². The number of hydrogen-bond acceptors (Lipinski definition) is 5. The van der Waals surface area contributed by atoms with Crippen LogP contribution in [0.5, 0.6) is 0 Å². The van der Waals surface area contributed by atoms with Gasteiger partial charge in [-0.2, -0.15) is 11.8 Å². The Labute approximate surface area is 127 Å². The molecule has 2 atom stereocenters. The van der Waals surface area contributed by atoms with Gasteiger partial charge in [0.25, 0.3) is 0 Å². The largest absolute Gasteiger partial charge is 0.389 e. The minimum Gasteiger partial charge on any atom is -0.389 e. The number of nitrogens with one attached hydrogen (secondary N) is 1. The van der Waals surface area contributed by atoms with Crippen molar-refractivity contribution in [3.05, 3.63) is 17.0 Å². The molecule has 0 amide bonds. The maximum Gasteiger partial charge on any atom is 0.0787 e. The van der Waals surface area contributed by atoms with Gasteiger partial charge in [-0.3, -0.25) is 0 Å². The number of rotatable bonds is 3. The van der Waals surface area contributed by atoms with E-state index in [-0.39, 0.29) is 0 Å². The molecule has 5 heteroatoms. The van der Waals surface area contributed by atoms with Gasteiger partial charge >= 0.3 is 0 Å². The van der Waals surface area contributed by atoms with E-state index in [4.69, 9.17) is 0 Å². The standard InChI is InChI=1S/C14H21NOS3/c1-10-8-12(11-2-5-18-13(11)19-10)15-9-14(16)3-6-17-7-4-14/h2,5,10,12,15-16H,3-4,6-9H2,1H3/t10-,12?/m0/s1. The van der Waals surface area contributed by atoms with Crippen LogP contribution in [0.4, 0.5) is 0 Å². The van der Waals surface area contributed by atoms with Crippen molar-refractivity contribution in [2.45, 2.75) is 47.3 Å². The Morgan fingerprint density at radius 1 is 1.42 bits per heavy atom. The van der Waals surface area contributed by atoms with E-state index in [9.17, 15) is 5.11 Å². The summed E-state index contributed by atoms with van der Waals surface area (Å²) >= 11 is 5.81. The summed E-state index contributed by atoms with van der Waals surface area (Å²) in [7, 11) is 0. The van der Waals surface area contributed by atoms with Crippen molar-refractivity contribution in [2.24, 2.45) is 0 Å². The molecule has 1 aromatic heterocycles. The monoisotopic (exact) mass is 315 g/mol. The topological polar surface area (TPSA) is 32.3 Å². The van der Waals surface area contributed by atoms with E-state index in [1.165, 1.54) is 16.2 Å². The maximum atomic E-state index is 10.6. The fourth-order valence-electron chi connectivity index (χ4n) is 2.78. The maximum absolute atomic E-state index is 10.6. The Hall–Kier alpha value is 0.320. The lowest BCUT2D eigenvalue weighted by atomic mass is 9.95. The van der Waals surface area contributed by atoms with Crippen LogP contribution in [0.2, 0.25) is 0 Å². The van der Waals surface area contributed by atoms with Crippen LogP contribution >= 0.6 is 34.9 Å². The van der Waals surface area contributed by atoms with Gasteiger partial charge in [-0.25, -0.2) is 0 Å². The molecular formula is C14H21NOS3. The van der Waals surface area contributed by atoms with Gasteiger partial charge in [-0.05, 0) is 47.8 Å². The average Bonchev–Trinajstić information content (AvgIpc) is 2.85. The van der Waals surface area contributed by atoms with E-state index in [2.05, 4.69) is 23.7 Å². The van der Waals surface area contributed by atoms with Crippen LogP contribution in [-0.2, 0) is 0 Å². The predicted molar refractivity (Wildman–Crippen MR) is 86.5 cm³/mol. The van der Waals surface area contributed by atoms with E-state index >= 15 is 0 Å². The first-order valence-electron chi connectivity index (χ1n) is 6.94. The zero-order chi connectivity index (χ0) is 13.3. The second-order valence-corrected chi connectivity index (χ2v) is 9.45. The first-order valence-corrected chi connectivity index (χ1v) is 9.85. The highest BCUT2D eigenvalue weighted by atomic mass is 32.2. The first-order chi connectivity index (χ1) is 9.16. The lowest BCUT2D eigenvalue weighted by Crippen LogP contribution is -2.45. The molecule has 1 fully saturated rings. The Kier molecular flexibility index (Phi) is 4.49. The summed E-state index contributed by atoms with van der Waals surface area (Å²) in [6.07, 6.45) is 3.02. The second-order valence-electron chi connectivity index (χ2n) is 5.60. The molecule has 0 bridgehead atoms. The van der Waals surface area contributed by atoms with Crippen LogP contribution in [0.25, 0.3) is 0 Å². The summed E-state index contributed by atoms with van der Waals surface area (Å²) in [5.41, 5.74) is 0.969. The van der Waals surface area contributed by atoms with Crippen molar-refractivity contribution in [1.82, 2.24) is 5.32 Å². The smallest absolute Gasteiger partial charge is 0.0787 e. The third-order valence-corrected chi connectivity index (χ3v) is 7.34. The number of hydrogen-bond donors (Lipinski definition) is 2. The van der Waals surface area contributed by atoms with Gasteiger partial charge in [0, 0.05) is 17.8 Å². The Bertz CT molecular complexity index is 428. The minimum absolute atomic E-state index is 0.427. The third-order valence-electron chi connectivity index (χ3n) is 4.01. The molecule has 2 aliphatic heterocycles. The summed E-state index contributed by atoms with van der Waals surface area (Å²) in [4.78, 5) is 0. The predicted octanol–water partition coefficient (Wildman–Crippen LogP) is 3.52. The number of fused-ring (bicyclic) bond motifs is 1. The lowest BCUT2D eigenvalue weighted by Gasteiger charge is -2.35. The molecule has 2 nitrogen and oxygen atoms in total. The number of thioether (sulfide) groups is 2. The van der Waals surface area contributed by atoms with Gasteiger partial charge in [-0.1, -0.05) is 6.92 Å². The molecule has 2 aliphatic rings. The Balaban J connectivity index is 1.64. The van der Waals surface area contributed by atoms with Crippen LogP contribution in [-0.4, -0.2) is 34.0 Å². The summed E-state index contributed by atoms with van der Waals surface area (Å²) in [6.45, 7) is 3.04. The fourth-order valence-corrected chi connectivity index (χ4v) is 6.60. The van der Waals surface area contributed by atoms with Gasteiger partial charge < -0.3 is 10.4 Å². The molecule has 0 spiro atoms. The summed E-state index contributed by atoms with van der Waals surface area (Å²) < 4.78 is 1.46. The van der Waals surface area contributed by atoms with Crippen LogP contribution in [0.15, 0.2) is 15.7 Å². The molecule has 0 aromatic carbocycles. The quantitative estimate of drug-likeness (QED) is 0.894. The molecule has 0 aliphatic carbocycles. The molecule has 3 heterocycles. The average molecular weight is 316 g/mol. The van der Waals surface area contributed by atoms with Crippen LogP contribution in [0.3, 0.4) is 0 Å². The molecule has 1 saturated heterocycles. The lowest BCUT2D eigenvalue weighted by molar-refractivity contribution is 0.0291. The second kappa shape index (κ2) is 5.98.